The van der Waals surface area contributed by atoms with Gasteiger partial charge in [0.25, 0.3) is 0 Å². The summed E-state index contributed by atoms with van der Waals surface area (Å²) in [6, 6.07) is 7.77. The van der Waals surface area contributed by atoms with Crippen molar-refractivity contribution in [2.75, 3.05) is 0 Å². The van der Waals surface area contributed by atoms with Crippen molar-refractivity contribution in [2.24, 2.45) is 21.7 Å². The average Bonchev–Trinajstić information content (AvgIpc) is 2.87. The third-order valence-corrected chi connectivity index (χ3v) is 4.07. The molecule has 0 saturated carbocycles. The molecule has 1 aromatic carbocycles. The lowest BCUT2D eigenvalue weighted by molar-refractivity contribution is 0.369. The lowest BCUT2D eigenvalue weighted by Crippen LogP contribution is -2.23. The summed E-state index contributed by atoms with van der Waals surface area (Å²) in [5.41, 5.74) is 14.3. The summed E-state index contributed by atoms with van der Waals surface area (Å²) in [4.78, 5) is 0. The number of hydrogen-bond acceptors (Lipinski definition) is 4. The van der Waals surface area contributed by atoms with Crippen molar-refractivity contribution in [3.63, 3.8) is 0 Å². The van der Waals surface area contributed by atoms with Gasteiger partial charge in [-0.2, -0.15) is 5.10 Å². The van der Waals surface area contributed by atoms with E-state index in [0.29, 0.717) is 6.42 Å². The predicted octanol–water partition coefficient (Wildman–Crippen LogP) is 2.34. The van der Waals surface area contributed by atoms with Crippen LogP contribution in [0.25, 0.3) is 0 Å². The molecule has 0 amide bonds. The second-order valence-electron chi connectivity index (χ2n) is 5.26. The molecule has 1 aliphatic rings. The largest absolute Gasteiger partial charge is 0.369 e. The molecule has 0 saturated heterocycles. The molecular weight excluding hydrogens is 302 g/mol. The van der Waals surface area contributed by atoms with Gasteiger partial charge in [-0.3, -0.25) is 0 Å². The van der Waals surface area contributed by atoms with E-state index in [1.165, 1.54) is 0 Å². The Balaban J connectivity index is 2.04. The van der Waals surface area contributed by atoms with Gasteiger partial charge in [-0.25, -0.2) is 0 Å². The van der Waals surface area contributed by atoms with Crippen molar-refractivity contribution in [3.8, 4) is 0 Å². The van der Waals surface area contributed by atoms with E-state index in [1.54, 1.807) is 0 Å². The molecule has 1 aliphatic carbocycles. The predicted molar refractivity (Wildman–Crippen MR) is 86.1 cm³/mol. The van der Waals surface area contributed by atoms with Crippen LogP contribution in [0.4, 0.5) is 0 Å². The van der Waals surface area contributed by atoms with Crippen LogP contribution in [0.5, 0.6) is 0 Å². The summed E-state index contributed by atoms with van der Waals surface area (Å²) in [7, 11) is 0. The number of aryl methyl sites for hydroxylation is 1. The van der Waals surface area contributed by atoms with Crippen LogP contribution in [-0.2, 0) is 6.42 Å². The molecule has 7 heteroatoms. The van der Waals surface area contributed by atoms with E-state index in [2.05, 4.69) is 15.4 Å². The summed E-state index contributed by atoms with van der Waals surface area (Å²) >= 11 is 6.31. The molecule has 0 aliphatic heterocycles. The van der Waals surface area contributed by atoms with E-state index in [9.17, 15) is 0 Å². The Bertz CT molecular complexity index is 761. The smallest absolute Gasteiger partial charge is 0.211 e. The van der Waals surface area contributed by atoms with Crippen LogP contribution in [0.3, 0.4) is 0 Å². The maximum absolute atomic E-state index is 6.31. The minimum absolute atomic E-state index is 0.0805. The molecule has 0 fully saturated rings. The van der Waals surface area contributed by atoms with Crippen molar-refractivity contribution in [2.45, 2.75) is 25.7 Å². The number of nitrogens with zero attached hydrogens (tertiary/aromatic N) is 3. The highest BCUT2D eigenvalue weighted by molar-refractivity contribution is 6.31. The van der Waals surface area contributed by atoms with Gasteiger partial charge in [0.15, 0.2) is 0 Å². The summed E-state index contributed by atoms with van der Waals surface area (Å²) in [5, 5.41) is 12.7. The van der Waals surface area contributed by atoms with Gasteiger partial charge in [-0.1, -0.05) is 35.0 Å². The van der Waals surface area contributed by atoms with Crippen LogP contribution in [0.1, 0.15) is 34.9 Å². The van der Waals surface area contributed by atoms with Crippen LogP contribution in [0.15, 0.2) is 39.0 Å². The molecule has 1 unspecified atom stereocenters. The Morgan fingerprint density at radius 2 is 2.09 bits per heavy atom. The Morgan fingerprint density at radius 3 is 2.82 bits per heavy atom. The minimum atomic E-state index is -0.0805. The summed E-state index contributed by atoms with van der Waals surface area (Å²) in [5.74, 6) is 0.864. The standard InChI is InChI=1S/C15H16ClN5O/c1-8-14-12(19-20-15(17)18)6-9(7-13(14)22-21-8)10-4-2-3-5-11(10)16/h2-5,9H,6-7H2,1H3,(H4,17,18,20)/b19-12-. The van der Waals surface area contributed by atoms with Gasteiger partial charge in [0, 0.05) is 11.4 Å². The molecule has 22 heavy (non-hydrogen) atoms. The van der Waals surface area contributed by atoms with Crippen molar-refractivity contribution in [1.82, 2.24) is 5.16 Å². The lowest BCUT2D eigenvalue weighted by atomic mass is 9.81. The van der Waals surface area contributed by atoms with E-state index in [4.69, 9.17) is 27.6 Å². The van der Waals surface area contributed by atoms with Crippen molar-refractivity contribution in [1.29, 1.82) is 0 Å². The summed E-state index contributed by atoms with van der Waals surface area (Å²) < 4.78 is 5.43. The minimum Gasteiger partial charge on any atom is -0.369 e. The van der Waals surface area contributed by atoms with Crippen LogP contribution < -0.4 is 11.5 Å². The zero-order valence-electron chi connectivity index (χ0n) is 12.1. The molecule has 0 bridgehead atoms. The number of rotatable bonds is 2. The van der Waals surface area contributed by atoms with Gasteiger partial charge in [0.05, 0.1) is 17.0 Å². The SMILES string of the molecule is Cc1noc2c1/C(=N\N=C(N)N)CC(c1ccccc1Cl)C2. The van der Waals surface area contributed by atoms with E-state index in [-0.39, 0.29) is 11.9 Å². The van der Waals surface area contributed by atoms with E-state index in [0.717, 1.165) is 39.7 Å². The third kappa shape index (κ3) is 2.69. The molecule has 6 nitrogen and oxygen atoms in total. The molecule has 3 rings (SSSR count). The zero-order valence-corrected chi connectivity index (χ0v) is 12.8. The Hall–Kier alpha value is -2.34. The molecule has 1 aromatic heterocycles. The molecule has 0 spiro atoms. The number of benzene rings is 1. The van der Waals surface area contributed by atoms with Gasteiger partial charge in [-0.15, -0.1) is 5.10 Å². The Morgan fingerprint density at radius 1 is 1.32 bits per heavy atom. The van der Waals surface area contributed by atoms with E-state index < -0.39 is 0 Å². The fraction of sp³-hybridized carbons (Fsp3) is 0.267. The first-order valence-corrected chi connectivity index (χ1v) is 7.29. The van der Waals surface area contributed by atoms with Crippen LogP contribution in [-0.4, -0.2) is 16.8 Å². The number of aromatic nitrogens is 1. The number of nitrogens with two attached hydrogens (primary N) is 2. The highest BCUT2D eigenvalue weighted by atomic mass is 35.5. The topological polar surface area (TPSA) is 103 Å². The van der Waals surface area contributed by atoms with Crippen LogP contribution >= 0.6 is 11.6 Å². The fourth-order valence-electron chi connectivity index (χ4n) is 2.79. The molecule has 1 heterocycles. The molecule has 114 valence electrons. The number of guanidine groups is 1. The Kier molecular flexibility index (Phi) is 3.85. The highest BCUT2D eigenvalue weighted by Crippen LogP contribution is 2.37. The first kappa shape index (κ1) is 14.6. The first-order chi connectivity index (χ1) is 10.6. The van der Waals surface area contributed by atoms with Crippen LogP contribution in [0.2, 0.25) is 5.02 Å². The maximum atomic E-state index is 6.31. The molecule has 1 atom stereocenters. The van der Waals surface area contributed by atoms with Crippen molar-refractivity contribution >= 4 is 23.3 Å². The summed E-state index contributed by atoms with van der Waals surface area (Å²) in [6.07, 6.45) is 1.40. The van der Waals surface area contributed by atoms with E-state index >= 15 is 0 Å². The third-order valence-electron chi connectivity index (χ3n) is 3.72. The van der Waals surface area contributed by atoms with E-state index in [1.807, 2.05) is 31.2 Å². The average molecular weight is 318 g/mol. The second kappa shape index (κ2) is 5.81. The number of halogens is 1. The molecule has 4 N–H and O–H groups in total. The zero-order chi connectivity index (χ0) is 15.7. The van der Waals surface area contributed by atoms with Crippen molar-refractivity contribution in [3.05, 3.63) is 51.9 Å². The van der Waals surface area contributed by atoms with Gasteiger partial charge in [0.2, 0.25) is 5.96 Å². The van der Waals surface area contributed by atoms with Gasteiger partial charge < -0.3 is 16.0 Å². The highest BCUT2D eigenvalue weighted by Gasteiger charge is 2.31. The van der Waals surface area contributed by atoms with Gasteiger partial charge >= 0.3 is 0 Å². The lowest BCUT2D eigenvalue weighted by Gasteiger charge is -2.23. The van der Waals surface area contributed by atoms with Crippen molar-refractivity contribution < 1.29 is 4.52 Å². The maximum Gasteiger partial charge on any atom is 0.211 e. The number of fused-ring (bicyclic) bond motifs is 1. The van der Waals surface area contributed by atoms with Gasteiger partial charge in [-0.05, 0) is 30.9 Å². The molecular formula is C15H16ClN5O. The van der Waals surface area contributed by atoms with Gasteiger partial charge in [0.1, 0.15) is 5.76 Å². The summed E-state index contributed by atoms with van der Waals surface area (Å²) in [6.45, 7) is 1.88. The first-order valence-electron chi connectivity index (χ1n) is 6.91. The van der Waals surface area contributed by atoms with Crippen LogP contribution in [0, 0.1) is 6.92 Å². The fourth-order valence-corrected chi connectivity index (χ4v) is 3.08. The second-order valence-corrected chi connectivity index (χ2v) is 5.67. The normalized spacial score (nSPS) is 19.0. The molecule has 0 radical (unpaired) electrons. The Labute approximate surface area is 132 Å². The molecule has 2 aromatic rings. The monoisotopic (exact) mass is 317 g/mol. The quantitative estimate of drug-likeness (QED) is 0.504. The number of hydrogen-bond donors (Lipinski definition) is 2.